The second kappa shape index (κ2) is 12.1. The number of rotatable bonds is 12. The van der Waals surface area contributed by atoms with Crippen LogP contribution in [0.3, 0.4) is 0 Å². The fourth-order valence-electron chi connectivity index (χ4n) is 2.10. The molecule has 2 N–H and O–H groups in total. The Kier molecular flexibility index (Phi) is 11.8. The van der Waals surface area contributed by atoms with Crippen LogP contribution in [0.1, 0.15) is 71.1 Å². The molecule has 0 aliphatic rings. The molecular formula is C15H29NS. The highest BCUT2D eigenvalue weighted by Crippen LogP contribution is 2.16. The molecule has 100 valence electrons. The SMILES string of the molecule is C=CCC(CCCCCCCCCC)C(N)=S. The molecule has 0 spiro atoms. The van der Waals surface area contributed by atoms with Crippen LogP contribution in [-0.2, 0) is 0 Å². The summed E-state index contributed by atoms with van der Waals surface area (Å²) in [6.45, 7) is 6.01. The summed E-state index contributed by atoms with van der Waals surface area (Å²) in [5.74, 6) is 0.377. The molecule has 0 radical (unpaired) electrons. The summed E-state index contributed by atoms with van der Waals surface area (Å²) in [7, 11) is 0. The predicted octanol–water partition coefficient (Wildman–Crippen LogP) is 5.00. The van der Waals surface area contributed by atoms with Crippen LogP contribution in [0.25, 0.3) is 0 Å². The highest BCUT2D eigenvalue weighted by molar-refractivity contribution is 7.80. The largest absolute Gasteiger partial charge is 0.393 e. The summed E-state index contributed by atoms with van der Waals surface area (Å²) in [4.78, 5) is 0.660. The average Bonchev–Trinajstić information content (AvgIpc) is 2.31. The highest BCUT2D eigenvalue weighted by atomic mass is 32.1. The molecule has 0 rings (SSSR count). The summed E-state index contributed by atoms with van der Waals surface area (Å²) in [5.41, 5.74) is 5.70. The first kappa shape index (κ1) is 16.6. The summed E-state index contributed by atoms with van der Waals surface area (Å²) in [5, 5.41) is 0. The first-order chi connectivity index (χ1) is 8.22. The number of allylic oxidation sites excluding steroid dienone is 1. The zero-order chi connectivity index (χ0) is 12.9. The van der Waals surface area contributed by atoms with E-state index < -0.39 is 0 Å². The molecule has 0 amide bonds. The minimum atomic E-state index is 0.377. The summed E-state index contributed by atoms with van der Waals surface area (Å²) >= 11 is 5.06. The molecule has 0 fully saturated rings. The van der Waals surface area contributed by atoms with E-state index in [2.05, 4.69) is 13.5 Å². The van der Waals surface area contributed by atoms with E-state index in [-0.39, 0.29) is 0 Å². The molecule has 0 aromatic rings. The molecule has 0 saturated carbocycles. The maximum atomic E-state index is 5.70. The van der Waals surface area contributed by atoms with Crippen molar-refractivity contribution < 1.29 is 0 Å². The standard InChI is InChI=1S/C15H29NS/c1-3-5-6-7-8-9-10-11-13-14(12-4-2)15(16)17/h4,14H,2-3,5-13H2,1H3,(H2,16,17). The molecule has 17 heavy (non-hydrogen) atoms. The Bertz CT molecular complexity index is 201. The van der Waals surface area contributed by atoms with Crippen LogP contribution in [0, 0.1) is 5.92 Å². The van der Waals surface area contributed by atoms with Crippen LogP contribution in [0.15, 0.2) is 12.7 Å². The Hall–Kier alpha value is -0.370. The van der Waals surface area contributed by atoms with Crippen molar-refractivity contribution in [3.05, 3.63) is 12.7 Å². The van der Waals surface area contributed by atoms with Crippen molar-refractivity contribution in [3.63, 3.8) is 0 Å². The van der Waals surface area contributed by atoms with Crippen LogP contribution in [0.2, 0.25) is 0 Å². The molecule has 0 heterocycles. The van der Waals surface area contributed by atoms with Gasteiger partial charge in [-0.25, -0.2) is 0 Å². The van der Waals surface area contributed by atoms with Gasteiger partial charge in [0.2, 0.25) is 0 Å². The van der Waals surface area contributed by atoms with Crippen molar-refractivity contribution in [3.8, 4) is 0 Å². The minimum Gasteiger partial charge on any atom is -0.393 e. The van der Waals surface area contributed by atoms with Gasteiger partial charge < -0.3 is 5.73 Å². The summed E-state index contributed by atoms with van der Waals surface area (Å²) < 4.78 is 0. The Morgan fingerprint density at radius 2 is 1.65 bits per heavy atom. The lowest BCUT2D eigenvalue weighted by Gasteiger charge is -2.12. The fraction of sp³-hybridized carbons (Fsp3) is 0.800. The number of hydrogen-bond acceptors (Lipinski definition) is 1. The van der Waals surface area contributed by atoms with E-state index in [1.54, 1.807) is 0 Å². The second-order valence-electron chi connectivity index (χ2n) is 4.89. The van der Waals surface area contributed by atoms with Crippen LogP contribution in [-0.4, -0.2) is 4.99 Å². The Labute approximate surface area is 113 Å². The third-order valence-electron chi connectivity index (χ3n) is 3.26. The average molecular weight is 255 g/mol. The van der Waals surface area contributed by atoms with Gasteiger partial charge in [0.05, 0.1) is 4.99 Å². The van der Waals surface area contributed by atoms with Gasteiger partial charge in [0.1, 0.15) is 0 Å². The maximum Gasteiger partial charge on any atom is 0.0761 e. The van der Waals surface area contributed by atoms with Gasteiger partial charge in [0.15, 0.2) is 0 Å². The summed E-state index contributed by atoms with van der Waals surface area (Å²) in [6.07, 6.45) is 14.9. The van der Waals surface area contributed by atoms with Gasteiger partial charge in [0.25, 0.3) is 0 Å². The number of hydrogen-bond donors (Lipinski definition) is 1. The molecule has 1 nitrogen and oxygen atoms in total. The van der Waals surface area contributed by atoms with Gasteiger partial charge in [-0.05, 0) is 12.8 Å². The first-order valence-corrected chi connectivity index (χ1v) is 7.53. The topological polar surface area (TPSA) is 26.0 Å². The minimum absolute atomic E-state index is 0.377. The number of unbranched alkanes of at least 4 members (excludes halogenated alkanes) is 7. The molecule has 1 unspecified atom stereocenters. The third-order valence-corrected chi connectivity index (χ3v) is 3.59. The number of nitrogens with two attached hydrogens (primary N) is 1. The zero-order valence-corrected chi connectivity index (χ0v) is 12.2. The quantitative estimate of drug-likeness (QED) is 0.302. The van der Waals surface area contributed by atoms with E-state index in [0.717, 1.165) is 12.8 Å². The van der Waals surface area contributed by atoms with Gasteiger partial charge in [-0.3, -0.25) is 0 Å². The molecule has 0 saturated heterocycles. The molecular weight excluding hydrogens is 226 g/mol. The van der Waals surface area contributed by atoms with Gasteiger partial charge in [-0.2, -0.15) is 0 Å². The Morgan fingerprint density at radius 1 is 1.12 bits per heavy atom. The van der Waals surface area contributed by atoms with Crippen molar-refractivity contribution in [2.75, 3.05) is 0 Å². The van der Waals surface area contributed by atoms with E-state index in [1.807, 2.05) is 6.08 Å². The molecule has 0 aromatic heterocycles. The first-order valence-electron chi connectivity index (χ1n) is 7.12. The molecule has 0 aliphatic heterocycles. The Morgan fingerprint density at radius 3 is 2.12 bits per heavy atom. The number of thiocarbonyl (C=S) groups is 1. The van der Waals surface area contributed by atoms with E-state index in [1.165, 1.54) is 51.4 Å². The van der Waals surface area contributed by atoms with Crippen LogP contribution in [0.5, 0.6) is 0 Å². The van der Waals surface area contributed by atoms with Crippen molar-refractivity contribution in [2.45, 2.75) is 71.1 Å². The molecule has 0 aromatic carbocycles. The van der Waals surface area contributed by atoms with E-state index >= 15 is 0 Å². The normalized spacial score (nSPS) is 12.3. The van der Waals surface area contributed by atoms with E-state index in [4.69, 9.17) is 18.0 Å². The molecule has 2 heteroatoms. The van der Waals surface area contributed by atoms with Gasteiger partial charge >= 0.3 is 0 Å². The van der Waals surface area contributed by atoms with Crippen molar-refractivity contribution >= 4 is 17.2 Å². The molecule has 1 atom stereocenters. The summed E-state index contributed by atoms with van der Waals surface area (Å²) in [6, 6.07) is 0. The van der Waals surface area contributed by atoms with Crippen molar-refractivity contribution in [1.82, 2.24) is 0 Å². The van der Waals surface area contributed by atoms with E-state index in [9.17, 15) is 0 Å². The molecule has 0 bridgehead atoms. The lowest BCUT2D eigenvalue weighted by atomic mass is 9.97. The fourth-order valence-corrected chi connectivity index (χ4v) is 2.32. The van der Waals surface area contributed by atoms with Crippen LogP contribution < -0.4 is 5.73 Å². The monoisotopic (exact) mass is 255 g/mol. The van der Waals surface area contributed by atoms with Gasteiger partial charge in [-0.1, -0.05) is 76.6 Å². The second-order valence-corrected chi connectivity index (χ2v) is 5.36. The van der Waals surface area contributed by atoms with E-state index in [0.29, 0.717) is 10.9 Å². The smallest absolute Gasteiger partial charge is 0.0761 e. The van der Waals surface area contributed by atoms with Crippen molar-refractivity contribution in [1.29, 1.82) is 0 Å². The van der Waals surface area contributed by atoms with Crippen molar-refractivity contribution in [2.24, 2.45) is 11.7 Å². The van der Waals surface area contributed by atoms with Crippen LogP contribution >= 0.6 is 12.2 Å². The maximum absolute atomic E-state index is 5.70. The highest BCUT2D eigenvalue weighted by Gasteiger charge is 2.08. The van der Waals surface area contributed by atoms with Crippen LogP contribution in [0.4, 0.5) is 0 Å². The lowest BCUT2D eigenvalue weighted by molar-refractivity contribution is 0.531. The van der Waals surface area contributed by atoms with Gasteiger partial charge in [0, 0.05) is 5.92 Å². The Balaban J connectivity index is 3.36. The lowest BCUT2D eigenvalue weighted by Crippen LogP contribution is -2.20. The third kappa shape index (κ3) is 10.5. The molecule has 0 aliphatic carbocycles. The predicted molar refractivity (Wildman–Crippen MR) is 82.3 cm³/mol. The zero-order valence-electron chi connectivity index (χ0n) is 11.4. The van der Waals surface area contributed by atoms with Gasteiger partial charge in [-0.15, -0.1) is 6.58 Å².